The van der Waals surface area contributed by atoms with E-state index in [1.807, 2.05) is 0 Å². The lowest BCUT2D eigenvalue weighted by atomic mass is 10.1. The maximum absolute atomic E-state index is 14.0. The summed E-state index contributed by atoms with van der Waals surface area (Å²) in [4.78, 5) is 11.3. The Morgan fingerprint density at radius 3 is 2.48 bits per heavy atom. The van der Waals surface area contributed by atoms with Crippen LogP contribution in [0.3, 0.4) is 0 Å². The Bertz CT molecular complexity index is 690. The molecule has 0 radical (unpaired) electrons. The van der Waals surface area contributed by atoms with Gasteiger partial charge in [0.1, 0.15) is 5.69 Å². The van der Waals surface area contributed by atoms with E-state index < -0.39 is 17.6 Å². The summed E-state index contributed by atoms with van der Waals surface area (Å²) in [6, 6.07) is 3.56. The molecule has 0 atom stereocenters. The van der Waals surface area contributed by atoms with Crippen LogP contribution in [0.4, 0.5) is 8.78 Å². The van der Waals surface area contributed by atoms with Gasteiger partial charge in [0.05, 0.1) is 0 Å². The van der Waals surface area contributed by atoms with Crippen LogP contribution in [0.25, 0.3) is 5.69 Å². The second-order valence-electron chi connectivity index (χ2n) is 5.12. The summed E-state index contributed by atoms with van der Waals surface area (Å²) in [5, 5.41) is 13.2. The van der Waals surface area contributed by atoms with Gasteiger partial charge in [-0.25, -0.2) is 18.3 Å². The highest BCUT2D eigenvalue weighted by atomic mass is 19.1. The molecule has 1 aromatic carbocycles. The first-order chi connectivity index (χ1) is 10.1. The Labute approximate surface area is 120 Å². The number of benzene rings is 1. The van der Waals surface area contributed by atoms with Crippen LogP contribution < -0.4 is 0 Å². The fourth-order valence-corrected chi connectivity index (χ4v) is 2.82. The lowest BCUT2D eigenvalue weighted by molar-refractivity contribution is 0.0688. The zero-order valence-corrected chi connectivity index (χ0v) is 11.3. The monoisotopic (exact) mass is 292 g/mol. The average Bonchev–Trinajstić information content (AvgIpc) is 2.63. The quantitative estimate of drug-likeness (QED) is 0.865. The summed E-state index contributed by atoms with van der Waals surface area (Å²) in [6.07, 6.45) is 3.83. The molecule has 1 aliphatic rings. The zero-order chi connectivity index (χ0) is 15.0. The number of hydrogen-bond acceptors (Lipinski definition) is 2. The van der Waals surface area contributed by atoms with Crippen LogP contribution in [-0.4, -0.2) is 20.9 Å². The molecule has 0 fully saturated rings. The SMILES string of the molecule is O=C(O)c1nn(-c2c(F)cccc2F)c2c1CCCCC2. The maximum atomic E-state index is 14.0. The largest absolute Gasteiger partial charge is 0.476 e. The first-order valence-electron chi connectivity index (χ1n) is 6.88. The summed E-state index contributed by atoms with van der Waals surface area (Å²) in [6.45, 7) is 0. The van der Waals surface area contributed by atoms with E-state index in [2.05, 4.69) is 5.10 Å². The number of carbonyl (C=O) groups is 1. The molecule has 6 heteroatoms. The van der Waals surface area contributed by atoms with Crippen LogP contribution in [0.2, 0.25) is 0 Å². The number of carboxylic acids is 1. The molecule has 0 saturated carbocycles. The minimum atomic E-state index is -1.16. The van der Waals surface area contributed by atoms with Crippen molar-refractivity contribution in [1.82, 2.24) is 9.78 Å². The molecule has 1 aliphatic carbocycles. The average molecular weight is 292 g/mol. The summed E-state index contributed by atoms with van der Waals surface area (Å²) >= 11 is 0. The maximum Gasteiger partial charge on any atom is 0.356 e. The van der Waals surface area contributed by atoms with Crippen LogP contribution in [0, 0.1) is 11.6 Å². The van der Waals surface area contributed by atoms with E-state index in [0.717, 1.165) is 36.1 Å². The minimum Gasteiger partial charge on any atom is -0.476 e. The number of fused-ring (bicyclic) bond motifs is 1. The van der Waals surface area contributed by atoms with Crippen molar-refractivity contribution in [3.05, 3.63) is 46.8 Å². The highest BCUT2D eigenvalue weighted by Gasteiger charge is 2.26. The van der Waals surface area contributed by atoms with Crippen LogP contribution in [0.5, 0.6) is 0 Å². The number of hydrogen-bond donors (Lipinski definition) is 1. The van der Waals surface area contributed by atoms with E-state index in [-0.39, 0.29) is 11.4 Å². The van der Waals surface area contributed by atoms with Gasteiger partial charge in [-0.3, -0.25) is 0 Å². The van der Waals surface area contributed by atoms with Crippen molar-refractivity contribution in [3.63, 3.8) is 0 Å². The second kappa shape index (κ2) is 5.27. The van der Waals surface area contributed by atoms with Gasteiger partial charge in [0, 0.05) is 11.3 Å². The van der Waals surface area contributed by atoms with Gasteiger partial charge in [-0.1, -0.05) is 12.5 Å². The predicted molar refractivity (Wildman–Crippen MR) is 71.7 cm³/mol. The van der Waals surface area contributed by atoms with Gasteiger partial charge >= 0.3 is 5.97 Å². The molecule has 110 valence electrons. The Kier molecular flexibility index (Phi) is 3.45. The molecule has 3 rings (SSSR count). The minimum absolute atomic E-state index is 0.102. The number of rotatable bonds is 2. The van der Waals surface area contributed by atoms with Crippen LogP contribution in [0.15, 0.2) is 18.2 Å². The summed E-state index contributed by atoms with van der Waals surface area (Å²) in [7, 11) is 0. The second-order valence-corrected chi connectivity index (χ2v) is 5.12. The zero-order valence-electron chi connectivity index (χ0n) is 11.3. The number of aromatic nitrogens is 2. The number of aromatic carboxylic acids is 1. The fourth-order valence-electron chi connectivity index (χ4n) is 2.82. The lowest BCUT2D eigenvalue weighted by Crippen LogP contribution is -2.08. The molecule has 21 heavy (non-hydrogen) atoms. The number of para-hydroxylation sites is 1. The van der Waals surface area contributed by atoms with Gasteiger partial charge in [0.25, 0.3) is 0 Å². The van der Waals surface area contributed by atoms with Gasteiger partial charge in [0.15, 0.2) is 17.3 Å². The molecule has 0 spiro atoms. The molecule has 2 aromatic rings. The first kappa shape index (κ1) is 13.7. The van der Waals surface area contributed by atoms with Crippen LogP contribution in [0.1, 0.15) is 41.0 Å². The molecule has 0 amide bonds. The van der Waals surface area contributed by atoms with Gasteiger partial charge in [0.2, 0.25) is 0 Å². The fraction of sp³-hybridized carbons (Fsp3) is 0.333. The molecular weight excluding hydrogens is 278 g/mol. The van der Waals surface area contributed by atoms with E-state index in [1.165, 1.54) is 6.07 Å². The van der Waals surface area contributed by atoms with Crippen molar-refractivity contribution in [2.75, 3.05) is 0 Å². The van der Waals surface area contributed by atoms with E-state index >= 15 is 0 Å². The molecule has 0 saturated heterocycles. The third-order valence-electron chi connectivity index (χ3n) is 3.78. The summed E-state index contributed by atoms with van der Waals surface area (Å²) in [5.41, 5.74) is 0.800. The summed E-state index contributed by atoms with van der Waals surface area (Å²) in [5.74, 6) is -2.66. The van der Waals surface area contributed by atoms with Gasteiger partial charge in [-0.15, -0.1) is 0 Å². The Balaban J connectivity index is 2.26. The molecule has 0 bridgehead atoms. The molecular formula is C15H14F2N2O2. The Morgan fingerprint density at radius 1 is 1.14 bits per heavy atom. The normalized spacial score (nSPS) is 14.6. The van der Waals surface area contributed by atoms with Crippen molar-refractivity contribution in [1.29, 1.82) is 0 Å². The third kappa shape index (κ3) is 2.30. The van der Waals surface area contributed by atoms with Crippen molar-refractivity contribution in [2.45, 2.75) is 32.1 Å². The third-order valence-corrected chi connectivity index (χ3v) is 3.78. The van der Waals surface area contributed by atoms with Crippen molar-refractivity contribution in [3.8, 4) is 5.69 Å². The van der Waals surface area contributed by atoms with Crippen LogP contribution in [-0.2, 0) is 12.8 Å². The number of nitrogens with zero attached hydrogens (tertiary/aromatic N) is 2. The molecule has 1 heterocycles. The standard InChI is InChI=1S/C15H14F2N2O2/c16-10-6-4-7-11(17)14(10)19-12-8-3-1-2-5-9(12)13(18-19)15(20)21/h4,6-7H,1-3,5,8H2,(H,20,21). The number of halogens is 2. The van der Waals surface area contributed by atoms with Gasteiger partial charge in [-0.2, -0.15) is 5.10 Å². The van der Waals surface area contributed by atoms with Crippen molar-refractivity contribution < 1.29 is 18.7 Å². The molecule has 1 N–H and O–H groups in total. The number of carboxylic acid groups (broad SMARTS) is 1. The molecule has 0 unspecified atom stereocenters. The van der Waals surface area contributed by atoms with E-state index in [1.54, 1.807) is 0 Å². The van der Waals surface area contributed by atoms with Gasteiger partial charge < -0.3 is 5.11 Å². The smallest absolute Gasteiger partial charge is 0.356 e. The van der Waals surface area contributed by atoms with Crippen molar-refractivity contribution >= 4 is 5.97 Å². The van der Waals surface area contributed by atoms with E-state index in [0.29, 0.717) is 24.1 Å². The molecule has 4 nitrogen and oxygen atoms in total. The van der Waals surface area contributed by atoms with Gasteiger partial charge in [-0.05, 0) is 37.8 Å². The predicted octanol–water partition coefficient (Wildman–Crippen LogP) is 3.12. The Morgan fingerprint density at radius 2 is 1.81 bits per heavy atom. The van der Waals surface area contributed by atoms with E-state index in [4.69, 9.17) is 0 Å². The first-order valence-corrected chi connectivity index (χ1v) is 6.88. The van der Waals surface area contributed by atoms with Crippen molar-refractivity contribution in [2.24, 2.45) is 0 Å². The lowest BCUT2D eigenvalue weighted by Gasteiger charge is -2.09. The highest BCUT2D eigenvalue weighted by Crippen LogP contribution is 2.28. The topological polar surface area (TPSA) is 55.1 Å². The van der Waals surface area contributed by atoms with E-state index in [9.17, 15) is 18.7 Å². The summed E-state index contributed by atoms with van der Waals surface area (Å²) < 4.78 is 29.1. The highest BCUT2D eigenvalue weighted by molar-refractivity contribution is 5.87. The molecule has 0 aliphatic heterocycles. The molecule has 1 aromatic heterocycles. The Hall–Kier alpha value is -2.24. The van der Waals surface area contributed by atoms with Crippen LogP contribution >= 0.6 is 0 Å².